The summed E-state index contributed by atoms with van der Waals surface area (Å²) in [5, 5.41) is 0. The number of rotatable bonds is 5. The van der Waals surface area contributed by atoms with Crippen LogP contribution in [0.25, 0.3) is 11.1 Å². The lowest BCUT2D eigenvalue weighted by Crippen LogP contribution is -2.11. The first kappa shape index (κ1) is 16.9. The van der Waals surface area contributed by atoms with Gasteiger partial charge >= 0.3 is 10.1 Å². The van der Waals surface area contributed by atoms with Gasteiger partial charge in [-0.05, 0) is 30.7 Å². The molecule has 3 aromatic rings. The third-order valence-corrected chi connectivity index (χ3v) is 4.93. The second-order valence-electron chi connectivity index (χ2n) is 5.48. The Bertz CT molecular complexity index is 1010. The van der Waals surface area contributed by atoms with Gasteiger partial charge in [0.1, 0.15) is 4.90 Å². The van der Waals surface area contributed by atoms with Crippen molar-refractivity contribution in [3.8, 4) is 16.9 Å². The number of Topliss-reactive ketones (excluding diaryl/α,β-unsaturated/α-hetero) is 1. The van der Waals surface area contributed by atoms with E-state index in [9.17, 15) is 13.2 Å². The summed E-state index contributed by atoms with van der Waals surface area (Å²) in [6.07, 6.45) is 0. The number of ketones is 1. The standard InChI is InChI=1S/C20H16O4S/c1-15(21)17-10-7-11-18(14-17)25(22,23)24-20-13-6-5-12-19(20)16-8-3-2-4-9-16/h2-14H,1H3. The zero-order valence-electron chi connectivity index (χ0n) is 13.5. The molecular formula is C20H16O4S. The molecule has 0 N–H and O–H groups in total. The summed E-state index contributed by atoms with van der Waals surface area (Å²) in [4.78, 5) is 11.4. The van der Waals surface area contributed by atoms with Crippen LogP contribution in [-0.2, 0) is 10.1 Å². The van der Waals surface area contributed by atoms with Gasteiger partial charge in [-0.15, -0.1) is 0 Å². The highest BCUT2D eigenvalue weighted by Crippen LogP contribution is 2.31. The van der Waals surface area contributed by atoms with E-state index in [0.717, 1.165) is 5.56 Å². The van der Waals surface area contributed by atoms with Crippen LogP contribution in [0.15, 0.2) is 83.8 Å². The molecule has 126 valence electrons. The van der Waals surface area contributed by atoms with Crippen molar-refractivity contribution in [2.75, 3.05) is 0 Å². The Morgan fingerprint density at radius 1 is 0.840 bits per heavy atom. The van der Waals surface area contributed by atoms with Crippen LogP contribution in [0.1, 0.15) is 17.3 Å². The number of carbonyl (C=O) groups is 1. The molecule has 5 heteroatoms. The van der Waals surface area contributed by atoms with Crippen LogP contribution in [0.3, 0.4) is 0 Å². The molecule has 0 aliphatic carbocycles. The predicted molar refractivity (Wildman–Crippen MR) is 96.1 cm³/mol. The molecule has 0 heterocycles. The Labute approximate surface area is 146 Å². The summed E-state index contributed by atoms with van der Waals surface area (Å²) < 4.78 is 30.6. The largest absolute Gasteiger partial charge is 0.378 e. The van der Waals surface area contributed by atoms with E-state index in [-0.39, 0.29) is 16.4 Å². The number of carbonyl (C=O) groups excluding carboxylic acids is 1. The Balaban J connectivity index is 2.00. The molecule has 0 aliphatic heterocycles. The Hall–Kier alpha value is -2.92. The van der Waals surface area contributed by atoms with Crippen molar-refractivity contribution in [3.05, 3.63) is 84.4 Å². The zero-order chi connectivity index (χ0) is 17.9. The summed E-state index contributed by atoms with van der Waals surface area (Å²) in [6, 6.07) is 22.1. The van der Waals surface area contributed by atoms with Gasteiger partial charge in [0.2, 0.25) is 0 Å². The Morgan fingerprint density at radius 3 is 2.24 bits per heavy atom. The van der Waals surface area contributed by atoms with E-state index in [1.165, 1.54) is 25.1 Å². The van der Waals surface area contributed by atoms with Crippen LogP contribution < -0.4 is 4.18 Å². The van der Waals surface area contributed by atoms with E-state index in [0.29, 0.717) is 11.1 Å². The molecule has 0 saturated carbocycles. The van der Waals surface area contributed by atoms with Crippen LogP contribution in [0, 0.1) is 0 Å². The van der Waals surface area contributed by atoms with Crippen molar-refractivity contribution in [1.82, 2.24) is 0 Å². The van der Waals surface area contributed by atoms with Crippen LogP contribution in [0.4, 0.5) is 0 Å². The molecule has 0 radical (unpaired) electrons. The summed E-state index contributed by atoms with van der Waals surface area (Å²) in [6.45, 7) is 1.39. The molecule has 3 rings (SSSR count). The van der Waals surface area contributed by atoms with Crippen LogP contribution in [-0.4, -0.2) is 14.2 Å². The number of hydrogen-bond donors (Lipinski definition) is 0. The van der Waals surface area contributed by atoms with Gasteiger partial charge in [-0.3, -0.25) is 4.79 Å². The van der Waals surface area contributed by atoms with Crippen LogP contribution in [0.5, 0.6) is 5.75 Å². The fourth-order valence-electron chi connectivity index (χ4n) is 2.43. The van der Waals surface area contributed by atoms with Gasteiger partial charge in [0.15, 0.2) is 11.5 Å². The lowest BCUT2D eigenvalue weighted by Gasteiger charge is -2.12. The van der Waals surface area contributed by atoms with Gasteiger partial charge in [0, 0.05) is 11.1 Å². The van der Waals surface area contributed by atoms with Crippen molar-refractivity contribution in [1.29, 1.82) is 0 Å². The van der Waals surface area contributed by atoms with E-state index in [2.05, 4.69) is 0 Å². The summed E-state index contributed by atoms with van der Waals surface area (Å²) in [5.41, 5.74) is 1.85. The van der Waals surface area contributed by atoms with Gasteiger partial charge < -0.3 is 4.18 Å². The average molecular weight is 352 g/mol. The van der Waals surface area contributed by atoms with E-state index in [1.54, 1.807) is 24.3 Å². The predicted octanol–water partition coefficient (Wildman–Crippen LogP) is 4.32. The third-order valence-electron chi connectivity index (χ3n) is 3.70. The minimum Gasteiger partial charge on any atom is -0.378 e. The maximum absolute atomic E-state index is 12.6. The molecule has 0 saturated heterocycles. The number of benzene rings is 3. The molecule has 0 aliphatic rings. The number of hydrogen-bond acceptors (Lipinski definition) is 4. The van der Waals surface area contributed by atoms with E-state index in [4.69, 9.17) is 4.18 Å². The lowest BCUT2D eigenvalue weighted by molar-refractivity contribution is 0.101. The van der Waals surface area contributed by atoms with Gasteiger partial charge in [-0.25, -0.2) is 0 Å². The summed E-state index contributed by atoms with van der Waals surface area (Å²) in [7, 11) is -4.05. The quantitative estimate of drug-likeness (QED) is 0.507. The highest BCUT2D eigenvalue weighted by atomic mass is 32.2. The van der Waals surface area contributed by atoms with Crippen molar-refractivity contribution in [3.63, 3.8) is 0 Å². The minimum atomic E-state index is -4.05. The molecule has 0 bridgehead atoms. The van der Waals surface area contributed by atoms with Gasteiger partial charge in [-0.1, -0.05) is 60.7 Å². The normalized spacial score (nSPS) is 11.1. The topological polar surface area (TPSA) is 60.4 Å². The fraction of sp³-hybridized carbons (Fsp3) is 0.0500. The summed E-state index contributed by atoms with van der Waals surface area (Å²) >= 11 is 0. The van der Waals surface area contributed by atoms with E-state index in [1.807, 2.05) is 36.4 Å². The Kier molecular flexibility index (Phi) is 4.67. The van der Waals surface area contributed by atoms with Gasteiger partial charge in [0.25, 0.3) is 0 Å². The Morgan fingerprint density at radius 2 is 1.52 bits per heavy atom. The maximum atomic E-state index is 12.6. The second-order valence-corrected chi connectivity index (χ2v) is 7.03. The van der Waals surface area contributed by atoms with Gasteiger partial charge in [0.05, 0.1) is 0 Å². The van der Waals surface area contributed by atoms with E-state index >= 15 is 0 Å². The third kappa shape index (κ3) is 3.78. The molecule has 0 spiro atoms. The SMILES string of the molecule is CC(=O)c1cccc(S(=O)(=O)Oc2ccccc2-c2ccccc2)c1. The summed E-state index contributed by atoms with van der Waals surface area (Å²) in [5.74, 6) is 0.0312. The first-order valence-corrected chi connectivity index (χ1v) is 9.08. The average Bonchev–Trinajstić information content (AvgIpc) is 2.63. The van der Waals surface area contributed by atoms with Crippen molar-refractivity contribution < 1.29 is 17.4 Å². The molecule has 0 atom stereocenters. The smallest absolute Gasteiger partial charge is 0.339 e. The first-order valence-electron chi connectivity index (χ1n) is 7.67. The molecule has 0 amide bonds. The molecule has 3 aromatic carbocycles. The highest BCUT2D eigenvalue weighted by molar-refractivity contribution is 7.87. The number of para-hydroxylation sites is 1. The molecule has 0 unspecified atom stereocenters. The van der Waals surface area contributed by atoms with E-state index < -0.39 is 10.1 Å². The molecule has 25 heavy (non-hydrogen) atoms. The molecule has 0 aromatic heterocycles. The minimum absolute atomic E-state index is 0.0527. The van der Waals surface area contributed by atoms with Crippen LogP contribution >= 0.6 is 0 Å². The van der Waals surface area contributed by atoms with Gasteiger partial charge in [-0.2, -0.15) is 8.42 Å². The first-order chi connectivity index (χ1) is 12.0. The van der Waals surface area contributed by atoms with Crippen molar-refractivity contribution >= 4 is 15.9 Å². The van der Waals surface area contributed by atoms with Crippen molar-refractivity contribution in [2.24, 2.45) is 0 Å². The maximum Gasteiger partial charge on any atom is 0.339 e. The zero-order valence-corrected chi connectivity index (χ0v) is 14.4. The lowest BCUT2D eigenvalue weighted by atomic mass is 10.1. The fourth-order valence-corrected chi connectivity index (χ4v) is 3.43. The molecular weight excluding hydrogens is 336 g/mol. The molecule has 0 fully saturated rings. The monoisotopic (exact) mass is 352 g/mol. The van der Waals surface area contributed by atoms with Crippen molar-refractivity contribution in [2.45, 2.75) is 11.8 Å². The highest BCUT2D eigenvalue weighted by Gasteiger charge is 2.19. The van der Waals surface area contributed by atoms with Crippen LogP contribution in [0.2, 0.25) is 0 Å². The second kappa shape index (κ2) is 6.91. The molecule has 4 nitrogen and oxygen atoms in total.